The first-order valence-corrected chi connectivity index (χ1v) is 8.06. The van der Waals surface area contributed by atoms with Crippen molar-refractivity contribution in [1.82, 2.24) is 9.78 Å². The van der Waals surface area contributed by atoms with Crippen molar-refractivity contribution in [2.45, 2.75) is 26.6 Å². The highest BCUT2D eigenvalue weighted by molar-refractivity contribution is 5.60. The van der Waals surface area contributed by atoms with Crippen LogP contribution in [0.15, 0.2) is 59.4 Å². The van der Waals surface area contributed by atoms with Crippen molar-refractivity contribution >= 4 is 0 Å². The Bertz CT molecular complexity index is 1010. The minimum Gasteiger partial charge on any atom is -0.268 e. The van der Waals surface area contributed by atoms with Gasteiger partial charge >= 0.3 is 6.18 Å². The fraction of sp³-hybridized carbons (Fsp3) is 0.200. The summed E-state index contributed by atoms with van der Waals surface area (Å²) >= 11 is 0. The summed E-state index contributed by atoms with van der Waals surface area (Å²) in [6.07, 6.45) is -4.42. The van der Waals surface area contributed by atoms with Gasteiger partial charge in [0.15, 0.2) is 0 Å². The van der Waals surface area contributed by atoms with Crippen LogP contribution in [0.5, 0.6) is 0 Å². The first-order chi connectivity index (χ1) is 12.2. The topological polar surface area (TPSA) is 34.9 Å². The van der Waals surface area contributed by atoms with E-state index in [0.717, 1.165) is 28.8 Å². The van der Waals surface area contributed by atoms with Gasteiger partial charge in [-0.15, -0.1) is 0 Å². The van der Waals surface area contributed by atoms with E-state index in [1.54, 1.807) is 12.1 Å². The van der Waals surface area contributed by atoms with E-state index < -0.39 is 11.7 Å². The highest BCUT2D eigenvalue weighted by Crippen LogP contribution is 2.29. The molecule has 0 unspecified atom stereocenters. The molecule has 2 aromatic carbocycles. The largest absolute Gasteiger partial charge is 0.416 e. The van der Waals surface area contributed by atoms with Crippen LogP contribution in [-0.4, -0.2) is 9.78 Å². The summed E-state index contributed by atoms with van der Waals surface area (Å²) in [6.45, 7) is 3.96. The molecule has 26 heavy (non-hydrogen) atoms. The monoisotopic (exact) mass is 358 g/mol. The van der Waals surface area contributed by atoms with Gasteiger partial charge in [0.2, 0.25) is 0 Å². The average Bonchev–Trinajstić information content (AvgIpc) is 2.59. The van der Waals surface area contributed by atoms with Gasteiger partial charge in [0.05, 0.1) is 17.8 Å². The number of rotatable bonds is 3. The zero-order chi connectivity index (χ0) is 18.9. The Labute approximate surface area is 148 Å². The number of aromatic nitrogens is 2. The molecule has 1 aromatic heterocycles. The van der Waals surface area contributed by atoms with Crippen LogP contribution in [0.4, 0.5) is 13.2 Å². The average molecular weight is 358 g/mol. The summed E-state index contributed by atoms with van der Waals surface area (Å²) in [5.74, 6) is 0. The normalized spacial score (nSPS) is 11.6. The van der Waals surface area contributed by atoms with Gasteiger partial charge < -0.3 is 0 Å². The molecular formula is C20H17F3N2O. The Morgan fingerprint density at radius 3 is 2.42 bits per heavy atom. The van der Waals surface area contributed by atoms with Crippen molar-refractivity contribution in [3.8, 4) is 11.3 Å². The number of halogens is 3. The molecule has 3 aromatic rings. The number of aryl methyl sites for hydroxylation is 2. The molecule has 0 spiro atoms. The molecule has 0 radical (unpaired) electrons. The predicted molar refractivity (Wildman–Crippen MR) is 94.0 cm³/mol. The molecule has 0 aliphatic carbocycles. The first kappa shape index (κ1) is 17.9. The molecule has 0 aliphatic rings. The molecule has 0 aliphatic heterocycles. The Morgan fingerprint density at radius 1 is 0.962 bits per heavy atom. The van der Waals surface area contributed by atoms with Crippen LogP contribution in [0.2, 0.25) is 0 Å². The van der Waals surface area contributed by atoms with Crippen LogP contribution in [0.3, 0.4) is 0 Å². The summed E-state index contributed by atoms with van der Waals surface area (Å²) in [4.78, 5) is 12.1. The van der Waals surface area contributed by atoms with E-state index in [1.807, 2.05) is 32.0 Å². The lowest BCUT2D eigenvalue weighted by molar-refractivity contribution is -0.137. The second-order valence-electron chi connectivity index (χ2n) is 6.21. The fourth-order valence-corrected chi connectivity index (χ4v) is 2.64. The summed E-state index contributed by atoms with van der Waals surface area (Å²) in [5.41, 5.74) is 2.95. The maximum absolute atomic E-state index is 12.9. The molecule has 0 saturated carbocycles. The van der Waals surface area contributed by atoms with Crippen LogP contribution in [0, 0.1) is 13.8 Å². The molecule has 0 atom stereocenters. The Hall–Kier alpha value is -2.89. The summed E-state index contributed by atoms with van der Waals surface area (Å²) in [7, 11) is 0. The zero-order valence-corrected chi connectivity index (χ0v) is 14.3. The Kier molecular flexibility index (Phi) is 4.68. The van der Waals surface area contributed by atoms with Crippen molar-refractivity contribution in [2.24, 2.45) is 0 Å². The van der Waals surface area contributed by atoms with Crippen molar-refractivity contribution < 1.29 is 13.2 Å². The van der Waals surface area contributed by atoms with Crippen LogP contribution in [0.1, 0.15) is 22.3 Å². The van der Waals surface area contributed by atoms with E-state index in [1.165, 1.54) is 16.8 Å². The standard InChI is InChI=1S/C20H17F3N2O/c1-13-6-7-16(10-14(13)2)18-8-9-19(26)25(24-18)12-15-4-3-5-17(11-15)20(21,22)23/h3-11H,12H2,1-2H3. The number of benzene rings is 2. The first-order valence-electron chi connectivity index (χ1n) is 8.06. The van der Waals surface area contributed by atoms with Crippen LogP contribution in [0.25, 0.3) is 11.3 Å². The van der Waals surface area contributed by atoms with Gasteiger partial charge in [0, 0.05) is 11.6 Å². The SMILES string of the molecule is Cc1ccc(-c2ccc(=O)n(Cc3cccc(C(F)(F)F)c3)n2)cc1C. The Morgan fingerprint density at radius 2 is 1.73 bits per heavy atom. The van der Waals surface area contributed by atoms with Crippen LogP contribution < -0.4 is 5.56 Å². The highest BCUT2D eigenvalue weighted by atomic mass is 19.4. The maximum atomic E-state index is 12.9. The molecule has 1 heterocycles. The van der Waals surface area contributed by atoms with Gasteiger partial charge in [-0.2, -0.15) is 18.3 Å². The van der Waals surface area contributed by atoms with Gasteiger partial charge in [0.25, 0.3) is 5.56 Å². The molecule has 0 bridgehead atoms. The molecule has 134 valence electrons. The van der Waals surface area contributed by atoms with E-state index in [9.17, 15) is 18.0 Å². The third kappa shape index (κ3) is 3.85. The molecule has 0 amide bonds. The van der Waals surface area contributed by atoms with Gasteiger partial charge in [0.1, 0.15) is 0 Å². The third-order valence-corrected chi connectivity index (χ3v) is 4.26. The molecule has 0 fully saturated rings. The van der Waals surface area contributed by atoms with Crippen LogP contribution in [-0.2, 0) is 12.7 Å². The van der Waals surface area contributed by atoms with Crippen molar-refractivity contribution in [3.63, 3.8) is 0 Å². The van der Waals surface area contributed by atoms with Gasteiger partial charge in [-0.05, 0) is 54.8 Å². The molecular weight excluding hydrogens is 341 g/mol. The lowest BCUT2D eigenvalue weighted by Crippen LogP contribution is -2.23. The van der Waals surface area contributed by atoms with E-state index in [-0.39, 0.29) is 12.1 Å². The fourth-order valence-electron chi connectivity index (χ4n) is 2.64. The van der Waals surface area contributed by atoms with Crippen LogP contribution >= 0.6 is 0 Å². The second-order valence-corrected chi connectivity index (χ2v) is 6.21. The number of hydrogen-bond donors (Lipinski definition) is 0. The smallest absolute Gasteiger partial charge is 0.268 e. The van der Waals surface area contributed by atoms with E-state index >= 15 is 0 Å². The minimum atomic E-state index is -4.42. The summed E-state index contributed by atoms with van der Waals surface area (Å²) in [5, 5.41) is 4.32. The quantitative estimate of drug-likeness (QED) is 0.686. The molecule has 0 saturated heterocycles. The van der Waals surface area contributed by atoms with Crippen molar-refractivity contribution in [1.29, 1.82) is 0 Å². The number of nitrogens with zero attached hydrogens (tertiary/aromatic N) is 2. The molecule has 6 heteroatoms. The Balaban J connectivity index is 1.96. The summed E-state index contributed by atoms with van der Waals surface area (Å²) in [6, 6.07) is 13.8. The summed E-state index contributed by atoms with van der Waals surface area (Å²) < 4.78 is 39.8. The van der Waals surface area contributed by atoms with E-state index in [2.05, 4.69) is 5.10 Å². The number of alkyl halides is 3. The van der Waals surface area contributed by atoms with Gasteiger partial charge in [-0.1, -0.05) is 24.3 Å². The van der Waals surface area contributed by atoms with Gasteiger partial charge in [-0.3, -0.25) is 4.79 Å². The lowest BCUT2D eigenvalue weighted by atomic mass is 10.0. The lowest BCUT2D eigenvalue weighted by Gasteiger charge is -2.11. The highest BCUT2D eigenvalue weighted by Gasteiger charge is 2.30. The maximum Gasteiger partial charge on any atom is 0.416 e. The van der Waals surface area contributed by atoms with Crippen molar-refractivity contribution in [2.75, 3.05) is 0 Å². The minimum absolute atomic E-state index is 0.0264. The van der Waals surface area contributed by atoms with E-state index in [0.29, 0.717) is 11.3 Å². The molecule has 0 N–H and O–H groups in total. The second kappa shape index (κ2) is 6.78. The van der Waals surface area contributed by atoms with Gasteiger partial charge in [-0.25, -0.2) is 4.68 Å². The predicted octanol–water partition coefficient (Wildman–Crippen LogP) is 4.59. The molecule has 3 rings (SSSR count). The van der Waals surface area contributed by atoms with Crippen molar-refractivity contribution in [3.05, 3.63) is 87.2 Å². The zero-order valence-electron chi connectivity index (χ0n) is 14.3. The molecule has 3 nitrogen and oxygen atoms in total. The number of hydrogen-bond acceptors (Lipinski definition) is 2. The van der Waals surface area contributed by atoms with E-state index in [4.69, 9.17) is 0 Å². The third-order valence-electron chi connectivity index (χ3n) is 4.26.